The van der Waals surface area contributed by atoms with E-state index >= 15 is 0 Å². The summed E-state index contributed by atoms with van der Waals surface area (Å²) in [5.41, 5.74) is 3.83. The standard InChI is InChI=1S/C16H26ClFN2/c1-3-5-6-12(4-2)9-15(20-19)10-13-7-8-14(18)11-16(13)17/h7-8,11-12,15,20H,3-6,9-10,19H2,1-2H3. The van der Waals surface area contributed by atoms with E-state index in [2.05, 4.69) is 19.3 Å². The van der Waals surface area contributed by atoms with E-state index in [-0.39, 0.29) is 11.9 Å². The molecule has 0 spiro atoms. The van der Waals surface area contributed by atoms with Crippen molar-refractivity contribution in [3.05, 3.63) is 34.6 Å². The molecule has 0 saturated carbocycles. The Labute approximate surface area is 126 Å². The van der Waals surface area contributed by atoms with Crippen molar-refractivity contribution in [2.45, 2.75) is 58.4 Å². The van der Waals surface area contributed by atoms with E-state index in [0.717, 1.165) is 24.8 Å². The summed E-state index contributed by atoms with van der Waals surface area (Å²) in [6.45, 7) is 4.43. The molecule has 0 aromatic heterocycles. The van der Waals surface area contributed by atoms with Crippen molar-refractivity contribution >= 4 is 11.6 Å². The maximum atomic E-state index is 13.0. The van der Waals surface area contributed by atoms with E-state index in [1.807, 2.05) is 0 Å². The summed E-state index contributed by atoms with van der Waals surface area (Å²) in [7, 11) is 0. The molecule has 1 aromatic carbocycles. The molecule has 0 bridgehead atoms. The van der Waals surface area contributed by atoms with E-state index in [1.54, 1.807) is 6.07 Å². The molecular formula is C16H26ClFN2. The Morgan fingerprint density at radius 3 is 2.65 bits per heavy atom. The predicted molar refractivity (Wildman–Crippen MR) is 84.1 cm³/mol. The third-order valence-corrected chi connectivity index (χ3v) is 4.23. The van der Waals surface area contributed by atoms with Crippen LogP contribution in [0.4, 0.5) is 4.39 Å². The topological polar surface area (TPSA) is 38.0 Å². The van der Waals surface area contributed by atoms with Gasteiger partial charge in [-0.2, -0.15) is 0 Å². The first-order valence-corrected chi connectivity index (χ1v) is 7.88. The monoisotopic (exact) mass is 300 g/mol. The van der Waals surface area contributed by atoms with Crippen LogP contribution in [0, 0.1) is 11.7 Å². The van der Waals surface area contributed by atoms with Gasteiger partial charge in [0, 0.05) is 11.1 Å². The first kappa shape index (κ1) is 17.4. The average Bonchev–Trinajstić information content (AvgIpc) is 2.44. The first-order chi connectivity index (χ1) is 9.60. The van der Waals surface area contributed by atoms with Gasteiger partial charge in [-0.05, 0) is 36.5 Å². The summed E-state index contributed by atoms with van der Waals surface area (Å²) in [6.07, 6.45) is 6.64. The molecule has 0 heterocycles. The van der Waals surface area contributed by atoms with Crippen LogP contribution in [-0.2, 0) is 6.42 Å². The predicted octanol–water partition coefficient (Wildman–Crippen LogP) is 4.46. The molecule has 0 aliphatic rings. The highest BCUT2D eigenvalue weighted by Gasteiger charge is 2.16. The summed E-state index contributed by atoms with van der Waals surface area (Å²) in [6, 6.07) is 4.73. The third kappa shape index (κ3) is 5.78. The lowest BCUT2D eigenvalue weighted by atomic mass is 9.90. The van der Waals surface area contributed by atoms with Crippen LogP contribution in [0.15, 0.2) is 18.2 Å². The number of hydrogen-bond donors (Lipinski definition) is 2. The van der Waals surface area contributed by atoms with E-state index < -0.39 is 0 Å². The van der Waals surface area contributed by atoms with E-state index in [9.17, 15) is 4.39 Å². The van der Waals surface area contributed by atoms with E-state index in [4.69, 9.17) is 17.4 Å². The van der Waals surface area contributed by atoms with Crippen molar-refractivity contribution in [1.82, 2.24) is 5.43 Å². The second-order valence-electron chi connectivity index (χ2n) is 5.46. The van der Waals surface area contributed by atoms with Crippen molar-refractivity contribution in [2.24, 2.45) is 11.8 Å². The lowest BCUT2D eigenvalue weighted by Crippen LogP contribution is -2.38. The van der Waals surface area contributed by atoms with Gasteiger partial charge in [0.05, 0.1) is 0 Å². The number of nitrogens with two attached hydrogens (primary N) is 1. The average molecular weight is 301 g/mol. The largest absolute Gasteiger partial charge is 0.271 e. The maximum absolute atomic E-state index is 13.0. The zero-order valence-corrected chi connectivity index (χ0v) is 13.2. The Kier molecular flexibility index (Phi) is 8.12. The number of halogens is 2. The van der Waals surface area contributed by atoms with Gasteiger partial charge in [-0.3, -0.25) is 11.3 Å². The highest BCUT2D eigenvalue weighted by molar-refractivity contribution is 6.31. The number of rotatable bonds is 9. The van der Waals surface area contributed by atoms with Crippen LogP contribution in [0.3, 0.4) is 0 Å². The molecule has 0 saturated heterocycles. The fourth-order valence-corrected chi connectivity index (χ4v) is 2.79. The summed E-state index contributed by atoms with van der Waals surface area (Å²) >= 11 is 6.08. The molecule has 1 rings (SSSR count). The Bertz CT molecular complexity index is 398. The Hall–Kier alpha value is -0.640. The number of hydrogen-bond acceptors (Lipinski definition) is 2. The first-order valence-electron chi connectivity index (χ1n) is 7.50. The number of nitrogens with one attached hydrogen (secondary N) is 1. The SMILES string of the molecule is CCCCC(CC)CC(Cc1ccc(F)cc1Cl)NN. The summed E-state index contributed by atoms with van der Waals surface area (Å²) in [4.78, 5) is 0. The Morgan fingerprint density at radius 1 is 1.35 bits per heavy atom. The van der Waals surface area contributed by atoms with Gasteiger partial charge >= 0.3 is 0 Å². The van der Waals surface area contributed by atoms with Gasteiger partial charge in [0.15, 0.2) is 0 Å². The molecule has 3 N–H and O–H groups in total. The van der Waals surface area contributed by atoms with Crippen LogP contribution in [0.25, 0.3) is 0 Å². The number of hydrazine groups is 1. The molecule has 2 unspecified atom stereocenters. The molecule has 0 aliphatic carbocycles. The minimum Gasteiger partial charge on any atom is -0.271 e. The van der Waals surface area contributed by atoms with Crippen molar-refractivity contribution in [3.8, 4) is 0 Å². The molecule has 20 heavy (non-hydrogen) atoms. The molecule has 114 valence electrons. The van der Waals surface area contributed by atoms with Crippen molar-refractivity contribution in [1.29, 1.82) is 0 Å². The highest BCUT2D eigenvalue weighted by Crippen LogP contribution is 2.23. The second kappa shape index (κ2) is 9.32. The van der Waals surface area contributed by atoms with Gasteiger partial charge in [-0.25, -0.2) is 4.39 Å². The Balaban J connectivity index is 2.61. The fraction of sp³-hybridized carbons (Fsp3) is 0.625. The zero-order chi connectivity index (χ0) is 15.0. The molecule has 0 fully saturated rings. The van der Waals surface area contributed by atoms with E-state index in [1.165, 1.54) is 31.4 Å². The highest BCUT2D eigenvalue weighted by atomic mass is 35.5. The van der Waals surface area contributed by atoms with E-state index in [0.29, 0.717) is 10.9 Å². The Morgan fingerprint density at radius 2 is 2.10 bits per heavy atom. The molecule has 0 aliphatic heterocycles. The molecule has 1 aromatic rings. The minimum atomic E-state index is -0.301. The minimum absolute atomic E-state index is 0.180. The van der Waals surface area contributed by atoms with Crippen LogP contribution < -0.4 is 11.3 Å². The van der Waals surface area contributed by atoms with Crippen molar-refractivity contribution < 1.29 is 4.39 Å². The van der Waals surface area contributed by atoms with Gasteiger partial charge in [-0.1, -0.05) is 57.2 Å². The zero-order valence-electron chi connectivity index (χ0n) is 12.5. The van der Waals surface area contributed by atoms with Crippen LogP contribution in [0.1, 0.15) is 51.5 Å². The molecule has 4 heteroatoms. The van der Waals surface area contributed by atoms with Gasteiger partial charge in [0.25, 0.3) is 0 Å². The maximum Gasteiger partial charge on any atom is 0.124 e. The van der Waals surface area contributed by atoms with Crippen LogP contribution in [-0.4, -0.2) is 6.04 Å². The van der Waals surface area contributed by atoms with Crippen molar-refractivity contribution in [2.75, 3.05) is 0 Å². The van der Waals surface area contributed by atoms with Crippen LogP contribution in [0.2, 0.25) is 5.02 Å². The summed E-state index contributed by atoms with van der Waals surface area (Å²) in [5.74, 6) is 6.04. The lowest BCUT2D eigenvalue weighted by molar-refractivity contribution is 0.350. The molecular weight excluding hydrogens is 275 g/mol. The van der Waals surface area contributed by atoms with Gasteiger partial charge in [0.2, 0.25) is 0 Å². The van der Waals surface area contributed by atoms with Crippen LogP contribution in [0.5, 0.6) is 0 Å². The number of unbranched alkanes of at least 4 members (excludes halogenated alkanes) is 1. The second-order valence-corrected chi connectivity index (χ2v) is 5.86. The van der Waals surface area contributed by atoms with Gasteiger partial charge in [-0.15, -0.1) is 0 Å². The molecule has 0 radical (unpaired) electrons. The molecule has 0 amide bonds. The molecule has 2 atom stereocenters. The quantitative estimate of drug-likeness (QED) is 0.522. The smallest absolute Gasteiger partial charge is 0.124 e. The van der Waals surface area contributed by atoms with Crippen LogP contribution >= 0.6 is 11.6 Å². The van der Waals surface area contributed by atoms with Gasteiger partial charge in [0.1, 0.15) is 5.82 Å². The van der Waals surface area contributed by atoms with Crippen molar-refractivity contribution in [3.63, 3.8) is 0 Å². The number of benzene rings is 1. The third-order valence-electron chi connectivity index (χ3n) is 3.88. The summed E-state index contributed by atoms with van der Waals surface area (Å²) in [5, 5.41) is 0.479. The lowest BCUT2D eigenvalue weighted by Gasteiger charge is -2.22. The summed E-state index contributed by atoms with van der Waals surface area (Å²) < 4.78 is 13.0. The fourth-order valence-electron chi connectivity index (χ4n) is 2.55. The van der Waals surface area contributed by atoms with Gasteiger partial charge < -0.3 is 0 Å². The normalized spacial score (nSPS) is 14.2. The molecule has 2 nitrogen and oxygen atoms in total.